The average Bonchev–Trinajstić information content (AvgIpc) is 0.726. The van der Waals surface area contributed by atoms with E-state index in [2.05, 4.69) is 58.6 Å². The lowest BCUT2D eigenvalue weighted by molar-refractivity contribution is 0.0146. The molecule has 0 aliphatic carbocycles. The highest BCUT2D eigenvalue weighted by molar-refractivity contribution is 9.10. The van der Waals surface area contributed by atoms with E-state index in [0.29, 0.717) is 174 Å². The van der Waals surface area contributed by atoms with Gasteiger partial charge in [-0.25, -0.2) is 19.9 Å². The third-order valence-electron chi connectivity index (χ3n) is 19.1. The van der Waals surface area contributed by atoms with Crippen molar-refractivity contribution in [3.8, 4) is 34.5 Å². The van der Waals surface area contributed by atoms with E-state index in [9.17, 15) is 0 Å². The third kappa shape index (κ3) is 35.3. The summed E-state index contributed by atoms with van der Waals surface area (Å²) in [7, 11) is 4.95. The summed E-state index contributed by atoms with van der Waals surface area (Å²) in [5.74, 6) is 5.68. The molecule has 7 rings (SSSR count). The van der Waals surface area contributed by atoms with Gasteiger partial charge in [-0.05, 0) is 85.0 Å². The molecule has 0 saturated heterocycles. The lowest BCUT2D eigenvalue weighted by Crippen LogP contribution is -2.32. The molecule has 0 radical (unpaired) electrons. The van der Waals surface area contributed by atoms with Crippen LogP contribution in [0, 0.1) is 0 Å². The number of ether oxygens (including phenoxy) is 15. The zero-order valence-electron chi connectivity index (χ0n) is 67.5. The van der Waals surface area contributed by atoms with Gasteiger partial charge in [0.1, 0.15) is 19.8 Å². The Morgan fingerprint density at radius 1 is 0.266 bits per heavy atom. The van der Waals surface area contributed by atoms with Crippen molar-refractivity contribution >= 4 is 61.3 Å². The molecular formula is C87H135BrN6O15. The molecule has 0 bridgehead atoms. The zero-order chi connectivity index (χ0) is 76.7. The highest BCUT2D eigenvalue weighted by atomic mass is 79.9. The number of nitrogens with zero attached hydrogens (tertiary/aromatic N) is 6. The lowest BCUT2D eigenvalue weighted by atomic mass is 10.1. The molecule has 0 unspecified atom stereocenters. The number of benzene rings is 4. The van der Waals surface area contributed by atoms with Crippen LogP contribution in [0.3, 0.4) is 0 Å². The summed E-state index contributed by atoms with van der Waals surface area (Å²) in [6.07, 6.45) is 37.1. The van der Waals surface area contributed by atoms with E-state index < -0.39 is 0 Å². The fourth-order valence-corrected chi connectivity index (χ4v) is 13.4. The zero-order valence-corrected chi connectivity index (χ0v) is 69.1. The fourth-order valence-electron chi connectivity index (χ4n) is 13.1. The molecule has 0 atom stereocenters. The van der Waals surface area contributed by atoms with Gasteiger partial charge < -0.3 is 80.9 Å². The minimum absolute atomic E-state index is 0.189. The van der Waals surface area contributed by atoms with Crippen LogP contribution in [-0.2, 0) is 55.7 Å². The predicted octanol–water partition coefficient (Wildman–Crippen LogP) is 20.4. The summed E-state index contributed by atoms with van der Waals surface area (Å²) >= 11 is 3.78. The molecule has 6 aromatic rings. The van der Waals surface area contributed by atoms with Gasteiger partial charge in [-0.3, -0.25) is 0 Å². The van der Waals surface area contributed by atoms with Gasteiger partial charge in [-0.1, -0.05) is 222 Å². The van der Waals surface area contributed by atoms with Crippen LogP contribution in [0.25, 0.3) is 22.1 Å². The molecule has 0 amide bonds. The molecule has 0 saturated carbocycles. The average molecular weight is 1580 g/mol. The Morgan fingerprint density at radius 3 is 0.853 bits per heavy atom. The van der Waals surface area contributed by atoms with Crippen molar-refractivity contribution in [2.45, 2.75) is 226 Å². The molecule has 1 aliphatic rings. The smallest absolute Gasteiger partial charge is 0.203 e. The molecule has 0 N–H and O–H groups in total. The van der Waals surface area contributed by atoms with E-state index in [1.807, 2.05) is 54.6 Å². The van der Waals surface area contributed by atoms with Gasteiger partial charge in [0.15, 0.2) is 46.3 Å². The number of aromatic nitrogens is 4. The normalized spacial score (nSPS) is 12.0. The number of hydrogen-bond acceptors (Lipinski definition) is 21. The first-order valence-electron chi connectivity index (χ1n) is 41.7. The SMILES string of the molecule is CCCCCCCCCCCCOc1cc(CN2c3nc4ccccc4nc3N(Cc3cc(OCCOCCOCCOC)c(OCCOCCOCCOC)c(OCCOCCOCCOC)c3)c3nc4ccc(Br)cc4nc32)cc(OCCCCCCCCCCCC)c1OCCCCCCCCCCCC. The summed E-state index contributed by atoms with van der Waals surface area (Å²) < 4.78 is 92.4. The van der Waals surface area contributed by atoms with Crippen molar-refractivity contribution in [2.24, 2.45) is 0 Å². The van der Waals surface area contributed by atoms with E-state index in [-0.39, 0.29) is 46.2 Å². The number of methoxy groups -OCH3 is 3. The number of hydrogen-bond donors (Lipinski definition) is 0. The van der Waals surface area contributed by atoms with Crippen molar-refractivity contribution in [1.82, 2.24) is 19.9 Å². The van der Waals surface area contributed by atoms with Crippen LogP contribution in [0.5, 0.6) is 34.5 Å². The van der Waals surface area contributed by atoms with E-state index in [1.165, 1.54) is 154 Å². The van der Waals surface area contributed by atoms with Gasteiger partial charge in [0.2, 0.25) is 11.5 Å². The maximum absolute atomic E-state index is 7.02. The van der Waals surface area contributed by atoms with Crippen LogP contribution in [0.15, 0.2) is 71.2 Å². The molecule has 4 aromatic carbocycles. The van der Waals surface area contributed by atoms with Gasteiger partial charge in [0.05, 0.1) is 154 Å². The van der Waals surface area contributed by atoms with Crippen LogP contribution >= 0.6 is 15.9 Å². The van der Waals surface area contributed by atoms with E-state index in [0.717, 1.165) is 65.2 Å². The van der Waals surface area contributed by atoms with Crippen molar-refractivity contribution < 1.29 is 71.1 Å². The Kier molecular flexibility index (Phi) is 48.0. The van der Waals surface area contributed by atoms with Crippen molar-refractivity contribution in [2.75, 3.05) is 170 Å². The summed E-state index contributed by atoms with van der Waals surface area (Å²) in [6.45, 7) is 15.8. The lowest BCUT2D eigenvalue weighted by Gasteiger charge is -2.37. The first-order valence-corrected chi connectivity index (χ1v) is 42.5. The predicted molar refractivity (Wildman–Crippen MR) is 440 cm³/mol. The molecule has 21 nitrogen and oxygen atoms in total. The Bertz CT molecular complexity index is 3250. The Hall–Kier alpha value is -5.92. The van der Waals surface area contributed by atoms with Gasteiger partial charge in [0, 0.05) is 25.8 Å². The summed E-state index contributed by atoms with van der Waals surface area (Å²) in [6, 6.07) is 22.3. The number of unbranched alkanes of at least 4 members (excludes halogenated alkanes) is 27. The summed E-state index contributed by atoms with van der Waals surface area (Å²) in [4.78, 5) is 26.5. The quantitative estimate of drug-likeness (QED) is 0.0327. The molecular weight excluding hydrogens is 1450 g/mol. The first-order chi connectivity index (χ1) is 53.9. The molecule has 610 valence electrons. The van der Waals surface area contributed by atoms with Gasteiger partial charge in [-0.2, -0.15) is 0 Å². The second kappa shape index (κ2) is 58.0. The Labute approximate surface area is 661 Å². The number of fused-ring (bicyclic) bond motifs is 4. The highest BCUT2D eigenvalue weighted by Gasteiger charge is 2.36. The molecule has 0 fully saturated rings. The maximum atomic E-state index is 7.02. The van der Waals surface area contributed by atoms with E-state index >= 15 is 0 Å². The largest absolute Gasteiger partial charge is 0.490 e. The van der Waals surface area contributed by atoms with Crippen molar-refractivity contribution in [3.05, 3.63) is 82.3 Å². The van der Waals surface area contributed by atoms with Crippen LogP contribution < -0.4 is 38.2 Å². The minimum Gasteiger partial charge on any atom is -0.490 e. The van der Waals surface area contributed by atoms with Gasteiger partial charge in [-0.15, -0.1) is 0 Å². The molecule has 109 heavy (non-hydrogen) atoms. The molecule has 3 heterocycles. The number of rotatable bonds is 70. The van der Waals surface area contributed by atoms with Crippen LogP contribution in [0.2, 0.25) is 0 Å². The highest BCUT2D eigenvalue weighted by Crippen LogP contribution is 2.49. The number of para-hydroxylation sites is 2. The van der Waals surface area contributed by atoms with Crippen molar-refractivity contribution in [3.63, 3.8) is 0 Å². The van der Waals surface area contributed by atoms with E-state index in [1.54, 1.807) is 21.3 Å². The van der Waals surface area contributed by atoms with Crippen LogP contribution in [0.1, 0.15) is 225 Å². The monoisotopic (exact) mass is 1580 g/mol. The Morgan fingerprint density at radius 2 is 0.523 bits per heavy atom. The van der Waals surface area contributed by atoms with Gasteiger partial charge in [0.25, 0.3) is 0 Å². The van der Waals surface area contributed by atoms with Crippen LogP contribution in [0.4, 0.5) is 23.3 Å². The third-order valence-corrected chi connectivity index (χ3v) is 19.6. The standard InChI is InChI=1S/C87H135BrN6O15/c1-7-10-13-16-19-22-25-28-31-36-43-104-78-64-71(65-79(105-44-37-32-29-26-23-20-17-14-11-8-2)82(78)108-45-38-33-30-27-24-21-18-15-12-9-3)70-94-85-84(89-74-39-34-35-40-75(74)90-85)93(86-87(94)92-77-68-73(88)41-42-76(77)91-86)69-72-66-80(106-61-58-101-55-52-98-49-46-95-4)83(109-63-60-103-57-54-100-51-48-97-6)81(67-72)107-62-59-102-56-53-99-50-47-96-5/h34-35,39-42,64-68H,7-33,36-38,43-63,69-70H2,1-6H3. The number of anilines is 4. The number of halogens is 1. The summed E-state index contributed by atoms with van der Waals surface area (Å²) in [5, 5.41) is 0. The molecule has 1 aliphatic heterocycles. The molecule has 2 aromatic heterocycles. The molecule has 22 heteroatoms. The van der Waals surface area contributed by atoms with Crippen molar-refractivity contribution in [1.29, 1.82) is 0 Å². The van der Waals surface area contributed by atoms with E-state index in [4.69, 9.17) is 91.0 Å². The van der Waals surface area contributed by atoms with Crippen LogP contribution in [-0.4, -0.2) is 180 Å². The molecule has 0 spiro atoms. The summed E-state index contributed by atoms with van der Waals surface area (Å²) in [5.41, 5.74) is 4.58. The Balaban J connectivity index is 1.27. The maximum Gasteiger partial charge on any atom is 0.203 e. The first kappa shape index (κ1) is 90.3. The topological polar surface area (TPSA) is 196 Å². The second-order valence-corrected chi connectivity index (χ2v) is 29.1. The second-order valence-electron chi connectivity index (χ2n) is 28.2. The van der Waals surface area contributed by atoms with Gasteiger partial charge >= 0.3 is 0 Å². The fraction of sp³-hybridized carbons (Fsp3) is 0.678. The minimum atomic E-state index is 0.189.